The van der Waals surface area contributed by atoms with E-state index in [-0.39, 0.29) is 4.90 Å². The maximum atomic E-state index is 11.1. The molecule has 0 aliphatic heterocycles. The molecule has 0 fully saturated rings. The first kappa shape index (κ1) is 8.61. The highest BCUT2D eigenvalue weighted by Crippen LogP contribution is 2.23. The molecule has 1 heterocycles. The Bertz CT molecular complexity index is 544. The summed E-state index contributed by atoms with van der Waals surface area (Å²) in [5.74, 6) is 0. The fourth-order valence-corrected chi connectivity index (χ4v) is 2.56. The van der Waals surface area contributed by atoms with Gasteiger partial charge in [-0.25, -0.2) is 18.5 Å². The number of nitrogens with two attached hydrogens (primary N) is 1. The van der Waals surface area contributed by atoms with Crippen molar-refractivity contribution in [1.29, 1.82) is 0 Å². The van der Waals surface area contributed by atoms with Gasteiger partial charge in [0.1, 0.15) is 10.4 Å². The molecular formula is C7H6N2O2S2. The van der Waals surface area contributed by atoms with Gasteiger partial charge in [0.2, 0.25) is 10.0 Å². The minimum Gasteiger partial charge on any atom is -0.243 e. The SMILES string of the molecule is NS(=O)(=O)c1cccc2scnc12. The van der Waals surface area contributed by atoms with Gasteiger partial charge < -0.3 is 0 Å². The quantitative estimate of drug-likeness (QED) is 0.767. The first-order valence-electron chi connectivity index (χ1n) is 3.44. The lowest BCUT2D eigenvalue weighted by Gasteiger charge is -1.97. The molecule has 0 saturated heterocycles. The predicted molar refractivity (Wildman–Crippen MR) is 51.0 cm³/mol. The van der Waals surface area contributed by atoms with Gasteiger partial charge in [-0.3, -0.25) is 0 Å². The number of rotatable bonds is 1. The van der Waals surface area contributed by atoms with Gasteiger partial charge in [-0.15, -0.1) is 11.3 Å². The predicted octanol–water partition coefficient (Wildman–Crippen LogP) is 0.944. The summed E-state index contributed by atoms with van der Waals surface area (Å²) in [6.45, 7) is 0. The highest BCUT2D eigenvalue weighted by Gasteiger charge is 2.13. The van der Waals surface area contributed by atoms with Gasteiger partial charge in [0, 0.05) is 0 Å². The van der Waals surface area contributed by atoms with Gasteiger partial charge in [-0.05, 0) is 12.1 Å². The van der Waals surface area contributed by atoms with Crippen molar-refractivity contribution in [3.05, 3.63) is 23.7 Å². The number of aromatic nitrogens is 1. The van der Waals surface area contributed by atoms with Crippen molar-refractivity contribution in [3.63, 3.8) is 0 Å². The Morgan fingerprint density at radius 3 is 2.85 bits per heavy atom. The zero-order valence-electron chi connectivity index (χ0n) is 6.47. The van der Waals surface area contributed by atoms with Crippen molar-refractivity contribution in [1.82, 2.24) is 4.98 Å². The fraction of sp³-hybridized carbons (Fsp3) is 0. The molecule has 0 radical (unpaired) electrons. The molecular weight excluding hydrogens is 208 g/mol. The van der Waals surface area contributed by atoms with E-state index in [1.165, 1.54) is 17.4 Å². The Hall–Kier alpha value is -0.980. The zero-order chi connectivity index (χ0) is 9.47. The molecule has 68 valence electrons. The van der Waals surface area contributed by atoms with E-state index in [1.807, 2.05) is 6.07 Å². The lowest BCUT2D eigenvalue weighted by Crippen LogP contribution is -2.12. The van der Waals surface area contributed by atoms with Crippen molar-refractivity contribution in [2.45, 2.75) is 4.90 Å². The molecule has 2 N–H and O–H groups in total. The van der Waals surface area contributed by atoms with Crippen molar-refractivity contribution in [2.75, 3.05) is 0 Å². The van der Waals surface area contributed by atoms with Gasteiger partial charge in [-0.2, -0.15) is 0 Å². The van der Waals surface area contributed by atoms with Crippen molar-refractivity contribution in [2.24, 2.45) is 5.14 Å². The molecule has 0 unspecified atom stereocenters. The molecule has 0 bridgehead atoms. The number of para-hydroxylation sites is 1. The second kappa shape index (κ2) is 2.76. The van der Waals surface area contributed by atoms with Crippen LogP contribution in [0.15, 0.2) is 28.6 Å². The van der Waals surface area contributed by atoms with Crippen molar-refractivity contribution in [3.8, 4) is 0 Å². The first-order valence-corrected chi connectivity index (χ1v) is 5.86. The van der Waals surface area contributed by atoms with Crippen LogP contribution in [0.1, 0.15) is 0 Å². The fourth-order valence-electron chi connectivity index (χ4n) is 1.09. The molecule has 2 rings (SSSR count). The summed E-state index contributed by atoms with van der Waals surface area (Å²) in [4.78, 5) is 4.03. The molecule has 0 spiro atoms. The Kier molecular flexibility index (Phi) is 1.83. The third kappa shape index (κ3) is 1.43. The van der Waals surface area contributed by atoms with Crippen LogP contribution in [-0.2, 0) is 10.0 Å². The van der Waals surface area contributed by atoms with Gasteiger partial charge in [0.05, 0.1) is 10.2 Å². The van der Waals surface area contributed by atoms with Crippen LogP contribution in [0.25, 0.3) is 10.2 Å². The first-order chi connectivity index (χ1) is 6.09. The Labute approximate surface area is 79.1 Å². The summed E-state index contributed by atoms with van der Waals surface area (Å²) >= 11 is 1.39. The third-order valence-electron chi connectivity index (χ3n) is 1.63. The molecule has 4 nitrogen and oxygen atoms in total. The van der Waals surface area contributed by atoms with Crippen LogP contribution in [-0.4, -0.2) is 13.4 Å². The molecule has 13 heavy (non-hydrogen) atoms. The highest BCUT2D eigenvalue weighted by molar-refractivity contribution is 7.89. The summed E-state index contributed by atoms with van der Waals surface area (Å²) < 4.78 is 23.0. The average molecular weight is 214 g/mol. The van der Waals surface area contributed by atoms with Crippen LogP contribution >= 0.6 is 11.3 Å². The minimum atomic E-state index is -3.66. The number of thiazole rings is 1. The molecule has 0 atom stereocenters. The topological polar surface area (TPSA) is 73.1 Å². The molecule has 0 aliphatic carbocycles. The van der Waals surface area contributed by atoms with Crippen molar-refractivity contribution < 1.29 is 8.42 Å². The lowest BCUT2D eigenvalue weighted by molar-refractivity contribution is 0.598. The number of hydrogen-bond donors (Lipinski definition) is 1. The number of hydrogen-bond acceptors (Lipinski definition) is 4. The number of primary sulfonamides is 1. The van der Waals surface area contributed by atoms with E-state index in [4.69, 9.17) is 5.14 Å². The van der Waals surface area contributed by atoms with Crippen LogP contribution in [0, 0.1) is 0 Å². The summed E-state index contributed by atoms with van der Waals surface area (Å²) in [5.41, 5.74) is 2.05. The van der Waals surface area contributed by atoms with E-state index < -0.39 is 10.0 Å². The second-order valence-electron chi connectivity index (χ2n) is 2.50. The van der Waals surface area contributed by atoms with E-state index >= 15 is 0 Å². The number of sulfonamides is 1. The monoisotopic (exact) mass is 214 g/mol. The Morgan fingerprint density at radius 2 is 2.15 bits per heavy atom. The van der Waals surface area contributed by atoms with Crippen LogP contribution in [0.5, 0.6) is 0 Å². The van der Waals surface area contributed by atoms with E-state index in [0.717, 1.165) is 4.70 Å². The molecule has 1 aromatic heterocycles. The number of fused-ring (bicyclic) bond motifs is 1. The largest absolute Gasteiger partial charge is 0.243 e. The molecule has 0 aliphatic rings. The van der Waals surface area contributed by atoms with Gasteiger partial charge >= 0.3 is 0 Å². The highest BCUT2D eigenvalue weighted by atomic mass is 32.2. The van der Waals surface area contributed by atoms with Crippen LogP contribution < -0.4 is 5.14 Å². The molecule has 0 amide bonds. The second-order valence-corrected chi connectivity index (χ2v) is 4.92. The van der Waals surface area contributed by atoms with Crippen LogP contribution in [0.2, 0.25) is 0 Å². The Balaban J connectivity index is 2.91. The van der Waals surface area contributed by atoms with Crippen LogP contribution in [0.4, 0.5) is 0 Å². The summed E-state index contributed by atoms with van der Waals surface area (Å²) in [5, 5.41) is 5.02. The molecule has 2 aromatic rings. The summed E-state index contributed by atoms with van der Waals surface area (Å²) in [6, 6.07) is 4.92. The van der Waals surface area contributed by atoms with Gasteiger partial charge in [0.15, 0.2) is 0 Å². The number of nitrogens with zero attached hydrogens (tertiary/aromatic N) is 1. The zero-order valence-corrected chi connectivity index (χ0v) is 8.10. The summed E-state index contributed by atoms with van der Waals surface area (Å²) in [6.07, 6.45) is 0. The number of benzene rings is 1. The molecule has 1 aromatic carbocycles. The maximum absolute atomic E-state index is 11.1. The van der Waals surface area contributed by atoms with E-state index in [1.54, 1.807) is 11.6 Å². The Morgan fingerprint density at radius 1 is 1.38 bits per heavy atom. The standard InChI is InChI=1S/C7H6N2O2S2/c8-13(10,11)6-3-1-2-5-7(6)9-4-12-5/h1-4H,(H2,8,10,11). The van der Waals surface area contributed by atoms with E-state index in [9.17, 15) is 8.42 Å². The molecule has 6 heteroatoms. The minimum absolute atomic E-state index is 0.0891. The van der Waals surface area contributed by atoms with E-state index in [2.05, 4.69) is 4.98 Å². The van der Waals surface area contributed by atoms with Crippen molar-refractivity contribution >= 4 is 31.6 Å². The third-order valence-corrected chi connectivity index (χ3v) is 3.37. The van der Waals surface area contributed by atoms with Gasteiger partial charge in [-0.1, -0.05) is 6.07 Å². The summed E-state index contributed by atoms with van der Waals surface area (Å²) in [7, 11) is -3.66. The van der Waals surface area contributed by atoms with Crippen LogP contribution in [0.3, 0.4) is 0 Å². The van der Waals surface area contributed by atoms with Gasteiger partial charge in [0.25, 0.3) is 0 Å². The average Bonchev–Trinajstić information content (AvgIpc) is 2.48. The van der Waals surface area contributed by atoms with E-state index in [0.29, 0.717) is 5.52 Å². The maximum Gasteiger partial charge on any atom is 0.240 e. The lowest BCUT2D eigenvalue weighted by atomic mass is 10.3. The normalized spacial score (nSPS) is 12.1. The molecule has 0 saturated carbocycles. The smallest absolute Gasteiger partial charge is 0.240 e.